The number of carbonyl (C=O) groups is 2. The normalized spacial score (nSPS) is 15.0. The SMILES string of the molecule is CSc1cc(Oc2ccnc3c2OCC(=O)N3)ccc1NC(=O)Nc1cc(C(C)(C)C)nn1-c1ccc(CN2CCOCC2)cc1. The van der Waals surface area contributed by atoms with E-state index in [1.165, 1.54) is 23.5 Å². The van der Waals surface area contributed by atoms with Gasteiger partial charge < -0.3 is 24.8 Å². The minimum atomic E-state index is -0.401. The van der Waals surface area contributed by atoms with Crippen LogP contribution < -0.4 is 25.4 Å². The van der Waals surface area contributed by atoms with Gasteiger partial charge in [-0.1, -0.05) is 32.9 Å². The fourth-order valence-corrected chi connectivity index (χ4v) is 5.65. The summed E-state index contributed by atoms with van der Waals surface area (Å²) in [4.78, 5) is 32.3. The maximum atomic E-state index is 13.4. The van der Waals surface area contributed by atoms with Crippen molar-refractivity contribution in [1.29, 1.82) is 0 Å². The van der Waals surface area contributed by atoms with E-state index in [0.717, 1.165) is 49.1 Å². The van der Waals surface area contributed by atoms with Crippen molar-refractivity contribution < 1.29 is 23.8 Å². The molecule has 4 heterocycles. The number of aromatic nitrogens is 3. The van der Waals surface area contributed by atoms with E-state index in [2.05, 4.69) is 58.7 Å². The molecule has 0 spiro atoms. The molecule has 0 unspecified atom stereocenters. The zero-order valence-electron chi connectivity index (χ0n) is 26.3. The first-order chi connectivity index (χ1) is 22.2. The Morgan fingerprint density at radius 1 is 1.07 bits per heavy atom. The third-order valence-corrected chi connectivity index (χ3v) is 8.31. The fourth-order valence-electron chi connectivity index (χ4n) is 5.07. The van der Waals surface area contributed by atoms with Gasteiger partial charge in [0, 0.05) is 48.3 Å². The lowest BCUT2D eigenvalue weighted by molar-refractivity contribution is -0.118. The van der Waals surface area contributed by atoms with Crippen LogP contribution in [0.1, 0.15) is 32.0 Å². The number of nitrogens with zero attached hydrogens (tertiary/aromatic N) is 4. The van der Waals surface area contributed by atoms with E-state index in [9.17, 15) is 9.59 Å². The number of benzene rings is 2. The monoisotopic (exact) mass is 643 g/mol. The quantitative estimate of drug-likeness (QED) is 0.201. The number of fused-ring (bicyclic) bond motifs is 1. The molecule has 3 amide bonds. The Labute approximate surface area is 271 Å². The molecular formula is C33H37N7O5S. The highest BCUT2D eigenvalue weighted by Crippen LogP contribution is 2.39. The third-order valence-electron chi connectivity index (χ3n) is 7.53. The van der Waals surface area contributed by atoms with Gasteiger partial charge in [-0.3, -0.25) is 15.0 Å². The second-order valence-electron chi connectivity index (χ2n) is 12.0. The Balaban J connectivity index is 1.17. The van der Waals surface area contributed by atoms with Gasteiger partial charge in [0.25, 0.3) is 5.91 Å². The van der Waals surface area contributed by atoms with Crippen molar-refractivity contribution >= 4 is 41.0 Å². The van der Waals surface area contributed by atoms with Crippen LogP contribution in [0.2, 0.25) is 0 Å². The minimum absolute atomic E-state index is 0.112. The Morgan fingerprint density at radius 3 is 2.59 bits per heavy atom. The Morgan fingerprint density at radius 2 is 1.85 bits per heavy atom. The van der Waals surface area contributed by atoms with E-state index in [-0.39, 0.29) is 17.9 Å². The second kappa shape index (κ2) is 13.4. The van der Waals surface area contributed by atoms with E-state index < -0.39 is 6.03 Å². The van der Waals surface area contributed by atoms with Crippen LogP contribution in [0, 0.1) is 0 Å². The van der Waals surface area contributed by atoms with Gasteiger partial charge in [-0.25, -0.2) is 14.5 Å². The number of rotatable bonds is 8. The molecular weight excluding hydrogens is 606 g/mol. The van der Waals surface area contributed by atoms with Crippen molar-refractivity contribution in [3.05, 3.63) is 72.1 Å². The van der Waals surface area contributed by atoms with Crippen molar-refractivity contribution in [2.24, 2.45) is 0 Å². The average Bonchev–Trinajstić information content (AvgIpc) is 3.47. The molecule has 0 aliphatic carbocycles. The summed E-state index contributed by atoms with van der Waals surface area (Å²) >= 11 is 1.47. The number of nitrogens with one attached hydrogen (secondary N) is 3. The summed E-state index contributed by atoms with van der Waals surface area (Å²) < 4.78 is 18.9. The molecule has 2 aliphatic heterocycles. The van der Waals surface area contributed by atoms with Crippen LogP contribution in [0.15, 0.2) is 65.7 Å². The molecule has 46 heavy (non-hydrogen) atoms. The van der Waals surface area contributed by atoms with Gasteiger partial charge in [0.1, 0.15) is 11.6 Å². The highest BCUT2D eigenvalue weighted by Gasteiger charge is 2.24. The predicted molar refractivity (Wildman–Crippen MR) is 178 cm³/mol. The van der Waals surface area contributed by atoms with Crippen molar-refractivity contribution in [3.63, 3.8) is 0 Å². The van der Waals surface area contributed by atoms with Crippen LogP contribution in [-0.2, 0) is 21.5 Å². The summed E-state index contributed by atoms with van der Waals surface area (Å²) in [5.74, 6) is 1.93. The summed E-state index contributed by atoms with van der Waals surface area (Å²) in [7, 11) is 0. The summed E-state index contributed by atoms with van der Waals surface area (Å²) in [6.45, 7) is 10.4. The van der Waals surface area contributed by atoms with E-state index in [4.69, 9.17) is 19.3 Å². The average molecular weight is 644 g/mol. The predicted octanol–water partition coefficient (Wildman–Crippen LogP) is 5.89. The Bertz CT molecular complexity index is 1730. The van der Waals surface area contributed by atoms with Crippen molar-refractivity contribution in [2.45, 2.75) is 37.6 Å². The van der Waals surface area contributed by atoms with Crippen LogP contribution in [0.3, 0.4) is 0 Å². The molecule has 0 saturated carbocycles. The molecule has 1 fully saturated rings. The number of anilines is 3. The molecule has 0 radical (unpaired) electrons. The zero-order valence-corrected chi connectivity index (χ0v) is 27.1. The Hall–Kier alpha value is -4.59. The first kappa shape index (κ1) is 31.4. The van der Waals surface area contributed by atoms with Gasteiger partial charge in [-0.15, -0.1) is 11.8 Å². The molecule has 2 aliphatic rings. The molecule has 2 aromatic heterocycles. The summed E-state index contributed by atoms with van der Waals surface area (Å²) in [6, 6.07) is 16.8. The van der Waals surface area contributed by atoms with E-state index in [1.54, 1.807) is 22.9 Å². The van der Waals surface area contributed by atoms with Crippen LogP contribution in [0.25, 0.3) is 5.69 Å². The Kier molecular flexibility index (Phi) is 9.15. The van der Waals surface area contributed by atoms with Crippen LogP contribution in [0.5, 0.6) is 17.2 Å². The lowest BCUT2D eigenvalue weighted by atomic mass is 9.92. The number of amides is 3. The third kappa shape index (κ3) is 7.27. The topological polar surface area (TPSA) is 132 Å². The van der Waals surface area contributed by atoms with Gasteiger partial charge in [0.2, 0.25) is 5.75 Å². The number of thioether (sulfide) groups is 1. The van der Waals surface area contributed by atoms with Gasteiger partial charge in [-0.2, -0.15) is 5.10 Å². The highest BCUT2D eigenvalue weighted by atomic mass is 32.2. The largest absolute Gasteiger partial charge is 0.476 e. The van der Waals surface area contributed by atoms with Crippen molar-refractivity contribution in [3.8, 4) is 22.9 Å². The molecule has 240 valence electrons. The van der Waals surface area contributed by atoms with E-state index in [0.29, 0.717) is 34.6 Å². The molecule has 12 nitrogen and oxygen atoms in total. The maximum absolute atomic E-state index is 13.4. The zero-order chi connectivity index (χ0) is 32.3. The maximum Gasteiger partial charge on any atom is 0.324 e. The van der Waals surface area contributed by atoms with Crippen molar-refractivity contribution in [1.82, 2.24) is 19.7 Å². The number of ether oxygens (including phenoxy) is 3. The van der Waals surface area contributed by atoms with Gasteiger partial charge in [0.15, 0.2) is 18.2 Å². The molecule has 13 heteroatoms. The fraction of sp³-hybridized carbons (Fsp3) is 0.333. The number of morpholine rings is 1. The van der Waals surface area contributed by atoms with E-state index in [1.807, 2.05) is 30.5 Å². The summed E-state index contributed by atoms with van der Waals surface area (Å²) in [6.07, 6.45) is 3.46. The summed E-state index contributed by atoms with van der Waals surface area (Å²) in [5.41, 5.74) is 3.31. The van der Waals surface area contributed by atoms with E-state index >= 15 is 0 Å². The van der Waals surface area contributed by atoms with Crippen LogP contribution in [-0.4, -0.2) is 70.8 Å². The van der Waals surface area contributed by atoms with Gasteiger partial charge in [-0.05, 0) is 42.2 Å². The number of urea groups is 1. The molecule has 4 aromatic rings. The van der Waals surface area contributed by atoms with Crippen LogP contribution >= 0.6 is 11.8 Å². The molecule has 0 bridgehead atoms. The first-order valence-electron chi connectivity index (χ1n) is 15.0. The molecule has 0 atom stereocenters. The minimum Gasteiger partial charge on any atom is -0.476 e. The number of pyridine rings is 1. The first-order valence-corrected chi connectivity index (χ1v) is 16.2. The number of carbonyl (C=O) groups excluding carboxylic acids is 2. The summed E-state index contributed by atoms with van der Waals surface area (Å²) in [5, 5.41) is 13.5. The smallest absolute Gasteiger partial charge is 0.324 e. The van der Waals surface area contributed by atoms with Gasteiger partial charge in [0.05, 0.1) is 30.3 Å². The standard InChI is InChI=1S/C33H37N7O5S/c1-33(2,3)27-18-28(40(38-27)22-7-5-21(6-8-22)19-39-13-15-43-16-14-39)36-32(42)35-24-10-9-23(17-26(24)46-4)45-25-11-12-34-31-30(25)44-20-29(41)37-31/h5-12,17-18H,13-16,19-20H2,1-4H3,(H,34,37,41)(H2,35,36,42). The highest BCUT2D eigenvalue weighted by molar-refractivity contribution is 7.98. The molecule has 1 saturated heterocycles. The van der Waals surface area contributed by atoms with Crippen molar-refractivity contribution in [2.75, 3.05) is 55.1 Å². The molecule has 6 rings (SSSR count). The molecule has 3 N–H and O–H groups in total. The number of hydrogen-bond donors (Lipinski definition) is 3. The lowest BCUT2D eigenvalue weighted by Crippen LogP contribution is -2.35. The van der Waals surface area contributed by atoms with Crippen LogP contribution in [0.4, 0.5) is 22.1 Å². The molecule has 2 aromatic carbocycles. The second-order valence-corrected chi connectivity index (χ2v) is 12.8. The van der Waals surface area contributed by atoms with Gasteiger partial charge >= 0.3 is 6.03 Å². The lowest BCUT2D eigenvalue weighted by Gasteiger charge is -2.26. The number of hydrogen-bond acceptors (Lipinski definition) is 9.